The third-order valence-corrected chi connectivity index (χ3v) is 9.43. The van der Waals surface area contributed by atoms with Crippen molar-refractivity contribution in [2.45, 2.75) is 43.4 Å². The van der Waals surface area contributed by atoms with Crippen molar-refractivity contribution < 1.29 is 4.57 Å². The normalized spacial score (nSPS) is 21.6. The highest BCUT2D eigenvalue weighted by molar-refractivity contribution is 7.69. The second-order valence-electron chi connectivity index (χ2n) is 6.72. The van der Waals surface area contributed by atoms with E-state index < -0.39 is 7.14 Å². The zero-order valence-corrected chi connectivity index (χ0v) is 15.4. The Bertz CT molecular complexity index is 755. The Kier molecular flexibility index (Phi) is 5.57. The van der Waals surface area contributed by atoms with E-state index in [9.17, 15) is 4.57 Å². The summed E-state index contributed by atoms with van der Waals surface area (Å²) < 4.78 is 14.4. The minimum absolute atomic E-state index is 0.0495. The maximum Gasteiger partial charge on any atom is 0.125 e. The molecule has 1 aliphatic heterocycles. The van der Waals surface area contributed by atoms with Gasteiger partial charge in [-0.3, -0.25) is 0 Å². The molecule has 0 bridgehead atoms. The van der Waals surface area contributed by atoms with Crippen LogP contribution in [0.1, 0.15) is 54.5 Å². The summed E-state index contributed by atoms with van der Waals surface area (Å²) in [6.07, 6.45) is 3.76. The summed E-state index contributed by atoms with van der Waals surface area (Å²) >= 11 is 0. The molecule has 1 fully saturated rings. The van der Waals surface area contributed by atoms with Crippen molar-refractivity contribution in [3.63, 3.8) is 0 Å². The van der Waals surface area contributed by atoms with E-state index in [0.717, 1.165) is 35.7 Å². The number of benzene rings is 2. The van der Waals surface area contributed by atoms with Gasteiger partial charge in [-0.1, -0.05) is 67.2 Å². The van der Waals surface area contributed by atoms with Crippen molar-refractivity contribution in [3.8, 4) is 6.07 Å². The topological polar surface area (TPSA) is 40.9 Å². The number of nitriles is 1. The third kappa shape index (κ3) is 3.48. The minimum Gasteiger partial charge on any atom is -0.318 e. The van der Waals surface area contributed by atoms with Crippen molar-refractivity contribution in [3.05, 3.63) is 83.7 Å². The molecule has 2 aromatic rings. The molecule has 0 aliphatic carbocycles. The Morgan fingerprint density at radius 3 is 1.92 bits per heavy atom. The number of rotatable bonds is 6. The van der Waals surface area contributed by atoms with Gasteiger partial charge in [0.25, 0.3) is 0 Å². The molecule has 25 heavy (non-hydrogen) atoms. The number of unbranched alkanes of at least 4 members (excludes halogenated alkanes) is 1. The van der Waals surface area contributed by atoms with Gasteiger partial charge in [0, 0.05) is 17.7 Å². The lowest BCUT2D eigenvalue weighted by molar-refractivity contribution is 0.569. The molecule has 0 radical (unpaired) electrons. The fraction of sp³-hybridized carbons (Fsp3) is 0.318. The highest BCUT2D eigenvalue weighted by atomic mass is 31.2. The molecule has 2 nitrogen and oxygen atoms in total. The lowest BCUT2D eigenvalue weighted by atomic mass is 10.0. The second-order valence-corrected chi connectivity index (χ2v) is 10.0. The Hall–Kier alpha value is -2.10. The van der Waals surface area contributed by atoms with Gasteiger partial charge in [-0.2, -0.15) is 5.26 Å². The maximum absolute atomic E-state index is 14.4. The van der Waals surface area contributed by atoms with Gasteiger partial charge in [-0.15, -0.1) is 0 Å². The molecule has 1 aliphatic rings. The van der Waals surface area contributed by atoms with Crippen molar-refractivity contribution in [2.75, 3.05) is 0 Å². The summed E-state index contributed by atoms with van der Waals surface area (Å²) in [5, 5.41) is 9.68. The van der Waals surface area contributed by atoms with Crippen LogP contribution in [0.15, 0.2) is 72.6 Å². The van der Waals surface area contributed by atoms with Crippen LogP contribution in [-0.2, 0) is 4.57 Å². The third-order valence-electron chi connectivity index (χ3n) is 5.26. The molecule has 0 amide bonds. The Morgan fingerprint density at radius 2 is 1.48 bits per heavy atom. The SMILES string of the molecule is C=C(CCCC#N)P1(=O)[C@@H](c2ccccc2)CC[C@@H]1c1ccccc1. The summed E-state index contributed by atoms with van der Waals surface area (Å²) in [7, 11) is -2.67. The zero-order chi connectivity index (χ0) is 17.7. The lowest BCUT2D eigenvalue weighted by Crippen LogP contribution is -2.01. The lowest BCUT2D eigenvalue weighted by Gasteiger charge is -2.29. The van der Waals surface area contributed by atoms with Crippen molar-refractivity contribution in [1.29, 1.82) is 5.26 Å². The van der Waals surface area contributed by atoms with Crippen LogP contribution in [0.2, 0.25) is 0 Å². The van der Waals surface area contributed by atoms with E-state index in [2.05, 4.69) is 36.9 Å². The molecule has 3 heteroatoms. The van der Waals surface area contributed by atoms with E-state index in [-0.39, 0.29) is 11.3 Å². The summed E-state index contributed by atoms with van der Waals surface area (Å²) in [4.78, 5) is 0. The monoisotopic (exact) mass is 349 g/mol. The molecule has 0 aromatic heterocycles. The number of allylic oxidation sites excluding steroid dienone is 1. The maximum atomic E-state index is 14.4. The van der Waals surface area contributed by atoms with Crippen LogP contribution in [0.5, 0.6) is 0 Å². The summed E-state index contributed by atoms with van der Waals surface area (Å²) in [5.74, 6) is 0. The molecule has 128 valence electrons. The second kappa shape index (κ2) is 7.85. The predicted molar refractivity (Wildman–Crippen MR) is 104 cm³/mol. The molecule has 0 unspecified atom stereocenters. The van der Waals surface area contributed by atoms with Gasteiger partial charge in [0.1, 0.15) is 7.14 Å². The largest absolute Gasteiger partial charge is 0.318 e. The molecule has 0 N–H and O–H groups in total. The molecule has 0 saturated carbocycles. The first-order valence-electron chi connectivity index (χ1n) is 8.92. The number of hydrogen-bond acceptors (Lipinski definition) is 2. The molecular formula is C22H24NOP. The summed E-state index contributed by atoms with van der Waals surface area (Å²) in [5.41, 5.74) is 2.42. The van der Waals surface area contributed by atoms with Crippen LogP contribution in [0.25, 0.3) is 0 Å². The van der Waals surface area contributed by atoms with E-state index in [4.69, 9.17) is 5.26 Å². The van der Waals surface area contributed by atoms with Crippen molar-refractivity contribution >= 4 is 7.14 Å². The molecule has 0 spiro atoms. The molecule has 3 rings (SSSR count). The first kappa shape index (κ1) is 17.7. The summed E-state index contributed by atoms with van der Waals surface area (Å²) in [6.45, 7) is 4.26. The van der Waals surface area contributed by atoms with E-state index in [1.54, 1.807) is 0 Å². The Balaban J connectivity index is 1.98. The first-order valence-corrected chi connectivity index (χ1v) is 10.8. The smallest absolute Gasteiger partial charge is 0.125 e. The minimum atomic E-state index is -2.67. The van der Waals surface area contributed by atoms with E-state index in [0.29, 0.717) is 12.8 Å². The van der Waals surface area contributed by atoms with Gasteiger partial charge in [0.2, 0.25) is 0 Å². The van der Waals surface area contributed by atoms with Crippen LogP contribution < -0.4 is 0 Å². The fourth-order valence-corrected chi connectivity index (χ4v) is 8.15. The van der Waals surface area contributed by atoms with Crippen molar-refractivity contribution in [1.82, 2.24) is 0 Å². The van der Waals surface area contributed by atoms with Crippen molar-refractivity contribution in [2.24, 2.45) is 0 Å². The molecule has 1 saturated heterocycles. The van der Waals surface area contributed by atoms with E-state index in [1.807, 2.05) is 36.4 Å². The van der Waals surface area contributed by atoms with Crippen LogP contribution in [-0.4, -0.2) is 0 Å². The van der Waals surface area contributed by atoms with E-state index >= 15 is 0 Å². The average molecular weight is 349 g/mol. The van der Waals surface area contributed by atoms with Gasteiger partial charge in [0.05, 0.1) is 6.07 Å². The highest BCUT2D eigenvalue weighted by Crippen LogP contribution is 2.80. The van der Waals surface area contributed by atoms with Gasteiger partial charge in [-0.25, -0.2) is 0 Å². The molecular weight excluding hydrogens is 325 g/mol. The Morgan fingerprint density at radius 1 is 1.00 bits per heavy atom. The quantitative estimate of drug-likeness (QED) is 0.423. The average Bonchev–Trinajstić information content (AvgIpc) is 3.02. The van der Waals surface area contributed by atoms with Gasteiger partial charge >= 0.3 is 0 Å². The summed E-state index contributed by atoms with van der Waals surface area (Å²) in [6, 6.07) is 22.6. The number of nitrogens with zero attached hydrogens (tertiary/aromatic N) is 1. The predicted octanol–water partition coefficient (Wildman–Crippen LogP) is 6.83. The van der Waals surface area contributed by atoms with Crippen LogP contribution >= 0.6 is 7.14 Å². The van der Waals surface area contributed by atoms with Gasteiger partial charge in [0.15, 0.2) is 0 Å². The van der Waals surface area contributed by atoms with Gasteiger partial charge < -0.3 is 4.57 Å². The Labute approximate surface area is 150 Å². The molecule has 1 heterocycles. The molecule has 2 atom stereocenters. The van der Waals surface area contributed by atoms with E-state index in [1.165, 1.54) is 0 Å². The number of hydrogen-bond donors (Lipinski definition) is 0. The van der Waals surface area contributed by atoms with Crippen LogP contribution in [0, 0.1) is 11.3 Å². The zero-order valence-electron chi connectivity index (χ0n) is 14.5. The van der Waals surface area contributed by atoms with Crippen LogP contribution in [0.3, 0.4) is 0 Å². The molecule has 2 aromatic carbocycles. The van der Waals surface area contributed by atoms with Crippen LogP contribution in [0.4, 0.5) is 0 Å². The van der Waals surface area contributed by atoms with Gasteiger partial charge in [-0.05, 0) is 42.1 Å². The standard InChI is InChI=1S/C22H24NOP/c1-18(10-8-9-17-23)25(24)21(19-11-4-2-5-12-19)15-16-22(25)20-13-6-3-7-14-20/h2-7,11-14,21-22H,1,8-10,15-16H2/t21-,22-/m1/s1. The fourth-order valence-electron chi connectivity index (χ4n) is 4.03. The first-order chi connectivity index (χ1) is 12.2. The highest BCUT2D eigenvalue weighted by Gasteiger charge is 2.48.